The van der Waals surface area contributed by atoms with E-state index in [1.54, 1.807) is 0 Å². The van der Waals surface area contributed by atoms with E-state index in [1.165, 1.54) is 38.5 Å². The fraction of sp³-hybridized carbons (Fsp3) is 0.562. The van der Waals surface area contributed by atoms with Crippen LogP contribution >= 0.6 is 0 Å². The molecule has 1 aromatic rings. The van der Waals surface area contributed by atoms with E-state index in [2.05, 4.69) is 10.6 Å². The third-order valence-electron chi connectivity index (χ3n) is 3.71. The molecule has 2 rings (SSSR count). The summed E-state index contributed by atoms with van der Waals surface area (Å²) in [5.41, 5.74) is 2.04. The Labute approximate surface area is 115 Å². The van der Waals surface area contributed by atoms with Crippen LogP contribution in [0.5, 0.6) is 0 Å². The highest BCUT2D eigenvalue weighted by molar-refractivity contribution is 5.92. The van der Waals surface area contributed by atoms with Gasteiger partial charge in [0.05, 0.1) is 6.54 Å². The van der Waals surface area contributed by atoms with Crippen LogP contribution in [0.1, 0.15) is 44.1 Å². The molecule has 104 valence electrons. The largest absolute Gasteiger partial charge is 0.325 e. The second-order valence-corrected chi connectivity index (χ2v) is 5.49. The molecule has 1 aliphatic carbocycles. The Kier molecular flexibility index (Phi) is 5.40. The standard InChI is InChI=1S/C16H24N2O/c1-13-7-6-10-15(11-13)18-16(19)12-17-14-8-4-2-3-5-9-14/h6-7,10-11,14,17H,2-5,8-9,12H2,1H3,(H,18,19). The Bertz CT molecular complexity index is 409. The summed E-state index contributed by atoms with van der Waals surface area (Å²) < 4.78 is 0. The average Bonchev–Trinajstić information content (AvgIpc) is 2.65. The SMILES string of the molecule is Cc1cccc(NC(=O)CNC2CCCCCC2)c1. The van der Waals surface area contributed by atoms with Crippen molar-refractivity contribution in [3.05, 3.63) is 29.8 Å². The Morgan fingerprint density at radius 3 is 2.63 bits per heavy atom. The fourth-order valence-electron chi connectivity index (χ4n) is 2.65. The van der Waals surface area contributed by atoms with E-state index >= 15 is 0 Å². The molecule has 0 bridgehead atoms. The van der Waals surface area contributed by atoms with Crippen molar-refractivity contribution in [2.24, 2.45) is 0 Å². The second kappa shape index (κ2) is 7.29. The molecule has 0 saturated heterocycles. The van der Waals surface area contributed by atoms with E-state index in [1.807, 2.05) is 31.2 Å². The van der Waals surface area contributed by atoms with E-state index in [0.717, 1.165) is 11.3 Å². The van der Waals surface area contributed by atoms with Gasteiger partial charge in [-0.25, -0.2) is 0 Å². The molecule has 19 heavy (non-hydrogen) atoms. The van der Waals surface area contributed by atoms with Gasteiger partial charge >= 0.3 is 0 Å². The van der Waals surface area contributed by atoms with Crippen molar-refractivity contribution in [3.8, 4) is 0 Å². The minimum atomic E-state index is 0.0508. The van der Waals surface area contributed by atoms with E-state index in [4.69, 9.17) is 0 Å². The maximum Gasteiger partial charge on any atom is 0.238 e. The van der Waals surface area contributed by atoms with E-state index in [9.17, 15) is 4.79 Å². The molecule has 1 aliphatic rings. The first-order valence-corrected chi connectivity index (χ1v) is 7.34. The fourth-order valence-corrected chi connectivity index (χ4v) is 2.65. The van der Waals surface area contributed by atoms with Crippen molar-refractivity contribution in [1.82, 2.24) is 5.32 Å². The predicted molar refractivity (Wildman–Crippen MR) is 79.3 cm³/mol. The molecule has 0 spiro atoms. The van der Waals surface area contributed by atoms with Crippen LogP contribution in [0.15, 0.2) is 24.3 Å². The van der Waals surface area contributed by atoms with Gasteiger partial charge in [-0.15, -0.1) is 0 Å². The molecule has 0 heterocycles. The zero-order valence-electron chi connectivity index (χ0n) is 11.7. The van der Waals surface area contributed by atoms with E-state index in [-0.39, 0.29) is 5.91 Å². The van der Waals surface area contributed by atoms with Gasteiger partial charge in [0.2, 0.25) is 5.91 Å². The van der Waals surface area contributed by atoms with Crippen molar-refractivity contribution in [1.29, 1.82) is 0 Å². The van der Waals surface area contributed by atoms with Crippen molar-refractivity contribution in [2.75, 3.05) is 11.9 Å². The Hall–Kier alpha value is -1.35. The summed E-state index contributed by atoms with van der Waals surface area (Å²) in [6, 6.07) is 8.43. The third kappa shape index (κ3) is 5.03. The molecule has 0 unspecified atom stereocenters. The molecule has 0 aliphatic heterocycles. The van der Waals surface area contributed by atoms with Gasteiger partial charge in [0.15, 0.2) is 0 Å². The molecule has 3 nitrogen and oxygen atoms in total. The van der Waals surface area contributed by atoms with Crippen LogP contribution in [0, 0.1) is 6.92 Å². The summed E-state index contributed by atoms with van der Waals surface area (Å²) in [5, 5.41) is 6.32. The van der Waals surface area contributed by atoms with Gasteiger partial charge < -0.3 is 10.6 Å². The van der Waals surface area contributed by atoms with Crippen LogP contribution in [0.25, 0.3) is 0 Å². The number of nitrogens with one attached hydrogen (secondary N) is 2. The lowest BCUT2D eigenvalue weighted by Gasteiger charge is -2.15. The molecule has 2 N–H and O–H groups in total. The summed E-state index contributed by atoms with van der Waals surface area (Å²) in [7, 11) is 0. The molecule has 0 aromatic heterocycles. The number of rotatable bonds is 4. The van der Waals surface area contributed by atoms with Gasteiger partial charge in [0, 0.05) is 11.7 Å². The lowest BCUT2D eigenvalue weighted by Crippen LogP contribution is -2.35. The number of carbonyl (C=O) groups excluding carboxylic acids is 1. The second-order valence-electron chi connectivity index (χ2n) is 5.49. The summed E-state index contributed by atoms with van der Waals surface area (Å²) in [6.45, 7) is 2.44. The van der Waals surface area contributed by atoms with Gasteiger partial charge in [0.1, 0.15) is 0 Å². The number of aryl methyl sites for hydroxylation is 1. The average molecular weight is 260 g/mol. The van der Waals surface area contributed by atoms with Crippen molar-refractivity contribution in [2.45, 2.75) is 51.5 Å². The predicted octanol–water partition coefficient (Wildman–Crippen LogP) is 3.25. The van der Waals surface area contributed by atoms with Crippen LogP contribution in [-0.2, 0) is 4.79 Å². The van der Waals surface area contributed by atoms with Crippen LogP contribution in [-0.4, -0.2) is 18.5 Å². The highest BCUT2D eigenvalue weighted by Crippen LogP contribution is 2.17. The minimum absolute atomic E-state index is 0.0508. The van der Waals surface area contributed by atoms with Gasteiger partial charge in [0.25, 0.3) is 0 Å². The number of benzene rings is 1. The van der Waals surface area contributed by atoms with Crippen LogP contribution in [0.4, 0.5) is 5.69 Å². The topological polar surface area (TPSA) is 41.1 Å². The molecule has 0 atom stereocenters. The summed E-state index contributed by atoms with van der Waals surface area (Å²) in [6.07, 6.45) is 7.67. The number of anilines is 1. The number of hydrogen-bond acceptors (Lipinski definition) is 2. The molecule has 1 fully saturated rings. The van der Waals surface area contributed by atoms with Crippen molar-refractivity contribution in [3.63, 3.8) is 0 Å². The van der Waals surface area contributed by atoms with Crippen LogP contribution in [0.3, 0.4) is 0 Å². The quantitative estimate of drug-likeness (QED) is 0.816. The highest BCUT2D eigenvalue weighted by Gasteiger charge is 2.12. The number of amides is 1. The zero-order chi connectivity index (χ0) is 13.5. The molecule has 1 saturated carbocycles. The van der Waals surface area contributed by atoms with Gasteiger partial charge in [-0.3, -0.25) is 4.79 Å². The maximum atomic E-state index is 11.9. The minimum Gasteiger partial charge on any atom is -0.325 e. The van der Waals surface area contributed by atoms with Crippen LogP contribution in [0.2, 0.25) is 0 Å². The van der Waals surface area contributed by atoms with E-state index < -0.39 is 0 Å². The molecule has 0 radical (unpaired) electrons. The van der Waals surface area contributed by atoms with E-state index in [0.29, 0.717) is 12.6 Å². The summed E-state index contributed by atoms with van der Waals surface area (Å²) >= 11 is 0. The number of carbonyl (C=O) groups is 1. The lowest BCUT2D eigenvalue weighted by atomic mass is 10.1. The van der Waals surface area contributed by atoms with Crippen molar-refractivity contribution >= 4 is 11.6 Å². The molecule has 1 amide bonds. The van der Waals surface area contributed by atoms with Crippen molar-refractivity contribution < 1.29 is 4.79 Å². The molecular formula is C16H24N2O. The zero-order valence-corrected chi connectivity index (χ0v) is 11.7. The highest BCUT2D eigenvalue weighted by atomic mass is 16.1. The normalized spacial score (nSPS) is 16.9. The molecule has 3 heteroatoms. The summed E-state index contributed by atoms with van der Waals surface area (Å²) in [5.74, 6) is 0.0508. The Morgan fingerprint density at radius 1 is 1.21 bits per heavy atom. The van der Waals surface area contributed by atoms with Crippen LogP contribution < -0.4 is 10.6 Å². The van der Waals surface area contributed by atoms with Gasteiger partial charge in [-0.2, -0.15) is 0 Å². The first-order valence-electron chi connectivity index (χ1n) is 7.34. The lowest BCUT2D eigenvalue weighted by molar-refractivity contribution is -0.115. The Balaban J connectivity index is 1.75. The Morgan fingerprint density at radius 2 is 1.95 bits per heavy atom. The van der Waals surface area contributed by atoms with Gasteiger partial charge in [-0.05, 0) is 37.5 Å². The first kappa shape index (κ1) is 14.1. The summed E-state index contributed by atoms with van der Waals surface area (Å²) in [4.78, 5) is 11.9. The number of hydrogen-bond donors (Lipinski definition) is 2. The third-order valence-corrected chi connectivity index (χ3v) is 3.71. The molecule has 1 aromatic carbocycles. The molecular weight excluding hydrogens is 236 g/mol. The first-order chi connectivity index (χ1) is 9.24. The maximum absolute atomic E-state index is 11.9. The monoisotopic (exact) mass is 260 g/mol. The van der Waals surface area contributed by atoms with Gasteiger partial charge in [-0.1, -0.05) is 37.8 Å². The smallest absolute Gasteiger partial charge is 0.238 e.